The highest BCUT2D eigenvalue weighted by Gasteiger charge is 2.26. The van der Waals surface area contributed by atoms with Gasteiger partial charge in [-0.2, -0.15) is 0 Å². The second-order valence-electron chi connectivity index (χ2n) is 8.48. The van der Waals surface area contributed by atoms with Crippen molar-refractivity contribution in [3.05, 3.63) is 106 Å². The number of hydrogen-bond donors (Lipinski definition) is 1. The monoisotopic (exact) mass is 439 g/mol. The fraction of sp³-hybridized carbons (Fsp3) is 0.222. The van der Waals surface area contributed by atoms with Crippen LogP contribution in [0.1, 0.15) is 40.4 Å². The summed E-state index contributed by atoms with van der Waals surface area (Å²) in [5, 5.41) is 11.1. The maximum absolute atomic E-state index is 13.5. The van der Waals surface area contributed by atoms with Crippen molar-refractivity contribution in [1.29, 1.82) is 0 Å². The number of para-hydroxylation sites is 1. The third-order valence-corrected chi connectivity index (χ3v) is 6.56. The standard InChI is InChI=1S/C27H25N3O3/c31-26-23-9-5-4-8-22(23)25(27(32)33)24(30(26)21-6-2-1-3-7-21)18-29-16-12-20(13-17-29)19-10-14-28-15-11-19/h1-11,14-15,20H,12-13,16-18H2,(H,32,33). The van der Waals surface area contributed by atoms with Gasteiger partial charge in [-0.1, -0.05) is 36.4 Å². The first-order chi connectivity index (χ1) is 16.1. The first kappa shape index (κ1) is 21.1. The van der Waals surface area contributed by atoms with Gasteiger partial charge in [-0.15, -0.1) is 0 Å². The maximum atomic E-state index is 13.5. The van der Waals surface area contributed by atoms with Crippen molar-refractivity contribution in [2.24, 2.45) is 0 Å². The number of pyridine rings is 2. The normalized spacial score (nSPS) is 15.0. The fourth-order valence-corrected chi connectivity index (χ4v) is 4.91. The van der Waals surface area contributed by atoms with Gasteiger partial charge in [-0.25, -0.2) is 4.79 Å². The maximum Gasteiger partial charge on any atom is 0.338 e. The van der Waals surface area contributed by atoms with Crippen molar-refractivity contribution in [3.8, 4) is 5.69 Å². The molecule has 5 rings (SSSR count). The summed E-state index contributed by atoms with van der Waals surface area (Å²) in [7, 11) is 0. The van der Waals surface area contributed by atoms with Crippen LogP contribution in [0, 0.1) is 0 Å². The summed E-state index contributed by atoms with van der Waals surface area (Å²) in [5.41, 5.74) is 2.51. The van der Waals surface area contributed by atoms with Crippen molar-refractivity contribution in [2.45, 2.75) is 25.3 Å². The van der Waals surface area contributed by atoms with Crippen LogP contribution in [0.2, 0.25) is 0 Å². The first-order valence-electron chi connectivity index (χ1n) is 11.2. The highest BCUT2D eigenvalue weighted by Crippen LogP contribution is 2.30. The van der Waals surface area contributed by atoms with Crippen LogP contribution < -0.4 is 5.56 Å². The molecular weight excluding hydrogens is 414 g/mol. The Morgan fingerprint density at radius 2 is 1.55 bits per heavy atom. The van der Waals surface area contributed by atoms with Crippen LogP contribution >= 0.6 is 0 Å². The van der Waals surface area contributed by atoms with E-state index in [9.17, 15) is 14.7 Å². The van der Waals surface area contributed by atoms with Gasteiger partial charge >= 0.3 is 5.97 Å². The lowest BCUT2D eigenvalue weighted by atomic mass is 9.90. The largest absolute Gasteiger partial charge is 0.478 e. The number of carboxylic acid groups (broad SMARTS) is 1. The van der Waals surface area contributed by atoms with Gasteiger partial charge in [-0.05, 0) is 67.7 Å². The van der Waals surface area contributed by atoms with Gasteiger partial charge in [-0.3, -0.25) is 19.2 Å². The zero-order chi connectivity index (χ0) is 22.8. The van der Waals surface area contributed by atoms with Crippen LogP contribution in [0.5, 0.6) is 0 Å². The minimum atomic E-state index is -1.02. The molecule has 0 unspecified atom stereocenters. The molecule has 3 heterocycles. The molecule has 0 radical (unpaired) electrons. The quantitative estimate of drug-likeness (QED) is 0.497. The zero-order valence-corrected chi connectivity index (χ0v) is 18.2. The second kappa shape index (κ2) is 9.00. The molecule has 1 aliphatic rings. The second-order valence-corrected chi connectivity index (χ2v) is 8.48. The molecule has 2 aromatic carbocycles. The van der Waals surface area contributed by atoms with Crippen LogP contribution in [0.25, 0.3) is 16.5 Å². The smallest absolute Gasteiger partial charge is 0.338 e. The molecule has 1 N–H and O–H groups in total. The molecule has 0 bridgehead atoms. The number of nitrogens with zero attached hydrogens (tertiary/aromatic N) is 3. The first-order valence-corrected chi connectivity index (χ1v) is 11.2. The SMILES string of the molecule is O=C(O)c1c(CN2CCC(c3ccncc3)CC2)n(-c2ccccc2)c(=O)c2ccccc12. The molecule has 166 valence electrons. The molecule has 1 aliphatic heterocycles. The lowest BCUT2D eigenvalue weighted by molar-refractivity contribution is 0.0695. The predicted octanol–water partition coefficient (Wildman–Crippen LogP) is 4.46. The summed E-state index contributed by atoms with van der Waals surface area (Å²) >= 11 is 0. The molecule has 0 aliphatic carbocycles. The van der Waals surface area contributed by atoms with E-state index >= 15 is 0 Å². The Labute approximate surface area is 191 Å². The Hall–Kier alpha value is -3.77. The zero-order valence-electron chi connectivity index (χ0n) is 18.2. The Bertz CT molecular complexity index is 1340. The highest BCUT2D eigenvalue weighted by molar-refractivity contribution is 6.04. The molecule has 2 aromatic heterocycles. The molecule has 6 heteroatoms. The summed E-state index contributed by atoms with van der Waals surface area (Å²) in [6, 6.07) is 20.4. The van der Waals surface area contributed by atoms with Crippen LogP contribution in [-0.4, -0.2) is 38.6 Å². The van der Waals surface area contributed by atoms with Gasteiger partial charge < -0.3 is 5.11 Å². The third-order valence-electron chi connectivity index (χ3n) is 6.56. The van der Waals surface area contributed by atoms with E-state index in [0.29, 0.717) is 34.6 Å². The van der Waals surface area contributed by atoms with Gasteiger partial charge in [0, 0.05) is 35.4 Å². The number of carboxylic acids is 1. The van der Waals surface area contributed by atoms with E-state index in [2.05, 4.69) is 22.0 Å². The van der Waals surface area contributed by atoms with Gasteiger partial charge in [0.1, 0.15) is 0 Å². The van der Waals surface area contributed by atoms with Gasteiger partial charge in [0.15, 0.2) is 0 Å². The Kier molecular flexibility index (Phi) is 5.75. The molecule has 33 heavy (non-hydrogen) atoms. The van der Waals surface area contributed by atoms with Gasteiger partial charge in [0.2, 0.25) is 0 Å². The van der Waals surface area contributed by atoms with Crippen LogP contribution in [0.3, 0.4) is 0 Å². The van der Waals surface area contributed by atoms with Crippen LogP contribution in [-0.2, 0) is 6.54 Å². The van der Waals surface area contributed by atoms with E-state index in [1.165, 1.54) is 5.56 Å². The number of hydrogen-bond acceptors (Lipinski definition) is 4. The van der Waals surface area contributed by atoms with Crippen LogP contribution in [0.15, 0.2) is 83.9 Å². The van der Waals surface area contributed by atoms with E-state index in [1.807, 2.05) is 42.7 Å². The molecule has 0 amide bonds. The van der Waals surface area contributed by atoms with Crippen molar-refractivity contribution in [2.75, 3.05) is 13.1 Å². The fourth-order valence-electron chi connectivity index (χ4n) is 4.91. The Balaban J connectivity index is 1.57. The highest BCUT2D eigenvalue weighted by atomic mass is 16.4. The van der Waals surface area contributed by atoms with Crippen molar-refractivity contribution >= 4 is 16.7 Å². The molecule has 0 atom stereocenters. The summed E-state index contributed by atoms with van der Waals surface area (Å²) in [6.45, 7) is 2.07. The van der Waals surface area contributed by atoms with Gasteiger partial charge in [0.25, 0.3) is 5.56 Å². The summed E-state index contributed by atoms with van der Waals surface area (Å²) in [5.74, 6) is -0.548. The number of likely N-dealkylation sites (tertiary alicyclic amines) is 1. The van der Waals surface area contributed by atoms with E-state index in [4.69, 9.17) is 0 Å². The minimum Gasteiger partial charge on any atom is -0.478 e. The molecular formula is C27H25N3O3. The molecule has 4 aromatic rings. The number of aromatic carboxylic acids is 1. The molecule has 0 spiro atoms. The lowest BCUT2D eigenvalue weighted by Crippen LogP contribution is -2.36. The number of fused-ring (bicyclic) bond motifs is 1. The van der Waals surface area contributed by atoms with Gasteiger partial charge in [0.05, 0.1) is 11.3 Å². The number of piperidine rings is 1. The number of carbonyl (C=O) groups is 1. The Morgan fingerprint density at radius 1 is 0.909 bits per heavy atom. The summed E-state index contributed by atoms with van der Waals surface area (Å²) < 4.78 is 1.58. The van der Waals surface area contributed by atoms with Crippen molar-refractivity contribution in [1.82, 2.24) is 14.5 Å². The van der Waals surface area contributed by atoms with Crippen LogP contribution in [0.4, 0.5) is 0 Å². The van der Waals surface area contributed by atoms with E-state index in [-0.39, 0.29) is 11.1 Å². The number of rotatable bonds is 5. The topological polar surface area (TPSA) is 75.4 Å². The molecule has 0 saturated carbocycles. The van der Waals surface area contributed by atoms with Crippen molar-refractivity contribution < 1.29 is 9.90 Å². The molecule has 6 nitrogen and oxygen atoms in total. The number of benzene rings is 2. The average Bonchev–Trinajstić information content (AvgIpc) is 2.86. The third kappa shape index (κ3) is 4.05. The Morgan fingerprint density at radius 3 is 2.21 bits per heavy atom. The molecule has 1 fully saturated rings. The average molecular weight is 440 g/mol. The van der Waals surface area contributed by atoms with E-state index in [1.54, 1.807) is 28.8 Å². The predicted molar refractivity (Wildman–Crippen MR) is 128 cm³/mol. The van der Waals surface area contributed by atoms with Crippen molar-refractivity contribution in [3.63, 3.8) is 0 Å². The number of aromatic nitrogens is 2. The lowest BCUT2D eigenvalue weighted by Gasteiger charge is -2.33. The summed E-state index contributed by atoms with van der Waals surface area (Å²) in [4.78, 5) is 32.4. The molecule has 1 saturated heterocycles. The van der Waals surface area contributed by atoms with E-state index in [0.717, 1.165) is 25.9 Å². The van der Waals surface area contributed by atoms with E-state index < -0.39 is 5.97 Å². The summed E-state index contributed by atoms with van der Waals surface area (Å²) in [6.07, 6.45) is 5.62. The minimum absolute atomic E-state index is 0.191.